The van der Waals surface area contributed by atoms with Crippen LogP contribution in [0.5, 0.6) is 0 Å². The van der Waals surface area contributed by atoms with Gasteiger partial charge in [0.05, 0.1) is 0 Å². The molecule has 5 nitrogen and oxygen atoms in total. The minimum absolute atomic E-state index is 0.295. The minimum Gasteiger partial charge on any atom is -0.345 e. The van der Waals surface area contributed by atoms with Crippen molar-refractivity contribution in [2.24, 2.45) is 0 Å². The first kappa shape index (κ1) is 14.2. The Morgan fingerprint density at radius 3 is 2.90 bits per heavy atom. The number of thiazole rings is 1. The number of piperazine rings is 1. The number of thioether (sulfide) groups is 1. The Morgan fingerprint density at radius 1 is 1.40 bits per heavy atom. The lowest BCUT2D eigenvalue weighted by Crippen LogP contribution is -2.50. The van der Waals surface area contributed by atoms with E-state index in [9.17, 15) is 4.79 Å². The molecule has 0 spiro atoms. The summed E-state index contributed by atoms with van der Waals surface area (Å²) in [5.74, 6) is 2.52. The van der Waals surface area contributed by atoms with Crippen molar-refractivity contribution in [3.05, 3.63) is 11.6 Å². The van der Waals surface area contributed by atoms with Crippen LogP contribution in [0.3, 0.4) is 0 Å². The number of amides is 1. The van der Waals surface area contributed by atoms with Gasteiger partial charge >= 0.3 is 0 Å². The largest absolute Gasteiger partial charge is 0.345 e. The third-order valence-electron chi connectivity index (χ3n) is 3.74. The molecule has 0 aliphatic carbocycles. The molecule has 2 fully saturated rings. The number of carbonyl (C=O) groups is 1. The number of nitrogens with zero attached hydrogens (tertiary/aromatic N) is 3. The van der Waals surface area contributed by atoms with E-state index in [-0.39, 0.29) is 0 Å². The molecule has 1 unspecified atom stereocenters. The molecule has 20 heavy (non-hydrogen) atoms. The first-order chi connectivity index (χ1) is 9.83. The fourth-order valence-electron chi connectivity index (χ4n) is 2.61. The second-order valence-electron chi connectivity index (χ2n) is 5.11. The summed E-state index contributed by atoms with van der Waals surface area (Å²) in [4.78, 5) is 20.9. The second-order valence-corrected chi connectivity index (χ2v) is 7.14. The van der Waals surface area contributed by atoms with E-state index in [1.807, 2.05) is 28.2 Å². The monoisotopic (exact) mass is 312 g/mol. The molecule has 2 saturated heterocycles. The number of hydrogen-bond donors (Lipinski definition) is 1. The van der Waals surface area contributed by atoms with Crippen LogP contribution in [0.1, 0.15) is 6.42 Å². The van der Waals surface area contributed by atoms with Gasteiger partial charge in [-0.1, -0.05) is 0 Å². The van der Waals surface area contributed by atoms with E-state index in [4.69, 9.17) is 0 Å². The van der Waals surface area contributed by atoms with E-state index in [0.29, 0.717) is 18.4 Å². The molecule has 3 rings (SSSR count). The standard InChI is InChI=1S/C13H20N4OS2/c18-12(9-11-10-19-7-1-14-11)16-3-5-17(6-4-16)13-15-2-8-20-13/h2,8,11,14H,1,3-7,9-10H2. The average Bonchev–Trinajstić information content (AvgIpc) is 3.03. The van der Waals surface area contributed by atoms with Gasteiger partial charge in [-0.3, -0.25) is 4.79 Å². The SMILES string of the molecule is O=C(CC1CSCCN1)N1CCN(c2nccs2)CC1. The molecule has 3 heterocycles. The van der Waals surface area contributed by atoms with E-state index in [1.165, 1.54) is 0 Å². The summed E-state index contributed by atoms with van der Waals surface area (Å²) < 4.78 is 0. The highest BCUT2D eigenvalue weighted by Gasteiger charge is 2.25. The van der Waals surface area contributed by atoms with Gasteiger partial charge < -0.3 is 15.1 Å². The van der Waals surface area contributed by atoms with Gasteiger partial charge in [-0.25, -0.2) is 4.98 Å². The number of nitrogens with one attached hydrogen (secondary N) is 1. The normalized spacial score (nSPS) is 23.9. The highest BCUT2D eigenvalue weighted by molar-refractivity contribution is 7.99. The molecule has 1 N–H and O–H groups in total. The number of aromatic nitrogens is 1. The van der Waals surface area contributed by atoms with Crippen LogP contribution >= 0.6 is 23.1 Å². The zero-order valence-electron chi connectivity index (χ0n) is 11.5. The van der Waals surface area contributed by atoms with Crippen LogP contribution in [0.25, 0.3) is 0 Å². The molecule has 110 valence electrons. The van der Waals surface area contributed by atoms with Crippen LogP contribution in [-0.2, 0) is 4.79 Å². The second kappa shape index (κ2) is 6.78. The molecule has 0 saturated carbocycles. The van der Waals surface area contributed by atoms with Crippen molar-refractivity contribution < 1.29 is 4.79 Å². The summed E-state index contributed by atoms with van der Waals surface area (Å²) in [6.07, 6.45) is 2.48. The lowest BCUT2D eigenvalue weighted by molar-refractivity contribution is -0.131. The summed E-state index contributed by atoms with van der Waals surface area (Å²) in [6.45, 7) is 4.45. The zero-order valence-corrected chi connectivity index (χ0v) is 13.1. The van der Waals surface area contributed by atoms with Crippen LogP contribution in [-0.4, -0.2) is 66.1 Å². The summed E-state index contributed by atoms with van der Waals surface area (Å²) >= 11 is 3.61. The summed E-state index contributed by atoms with van der Waals surface area (Å²) in [7, 11) is 0. The van der Waals surface area contributed by atoms with Crippen LogP contribution in [0.15, 0.2) is 11.6 Å². The van der Waals surface area contributed by atoms with Crippen molar-refractivity contribution >= 4 is 34.1 Å². The summed E-state index contributed by atoms with van der Waals surface area (Å²) in [5, 5.41) is 6.50. The van der Waals surface area contributed by atoms with Gasteiger partial charge in [0, 0.05) is 68.3 Å². The van der Waals surface area contributed by atoms with Crippen LogP contribution in [0.2, 0.25) is 0 Å². The van der Waals surface area contributed by atoms with E-state index in [2.05, 4.69) is 15.2 Å². The third-order valence-corrected chi connectivity index (χ3v) is 5.70. The molecule has 0 aromatic carbocycles. The van der Waals surface area contributed by atoms with Crippen molar-refractivity contribution in [1.29, 1.82) is 0 Å². The van der Waals surface area contributed by atoms with Gasteiger partial charge in [0.25, 0.3) is 0 Å². The number of carbonyl (C=O) groups excluding carboxylic acids is 1. The molecule has 0 bridgehead atoms. The molecule has 2 aliphatic rings. The summed E-state index contributed by atoms with van der Waals surface area (Å²) in [5.41, 5.74) is 0. The molecular weight excluding hydrogens is 292 g/mol. The molecule has 1 amide bonds. The Morgan fingerprint density at radius 2 is 2.25 bits per heavy atom. The molecule has 1 aromatic heterocycles. The first-order valence-electron chi connectivity index (χ1n) is 7.06. The van der Waals surface area contributed by atoms with E-state index >= 15 is 0 Å². The van der Waals surface area contributed by atoms with E-state index in [0.717, 1.165) is 49.4 Å². The maximum absolute atomic E-state index is 12.3. The Bertz CT molecular complexity index is 426. The highest BCUT2D eigenvalue weighted by atomic mass is 32.2. The topological polar surface area (TPSA) is 48.5 Å². The van der Waals surface area contributed by atoms with Gasteiger partial charge in [-0.2, -0.15) is 11.8 Å². The highest BCUT2D eigenvalue weighted by Crippen LogP contribution is 2.19. The molecule has 1 aromatic rings. The smallest absolute Gasteiger partial charge is 0.224 e. The average molecular weight is 312 g/mol. The van der Waals surface area contributed by atoms with Gasteiger partial charge in [0.2, 0.25) is 5.91 Å². The van der Waals surface area contributed by atoms with Crippen molar-refractivity contribution in [2.45, 2.75) is 12.5 Å². The van der Waals surface area contributed by atoms with Crippen molar-refractivity contribution in [2.75, 3.05) is 49.1 Å². The van der Waals surface area contributed by atoms with E-state index < -0.39 is 0 Å². The molecular formula is C13H20N4OS2. The van der Waals surface area contributed by atoms with Crippen LogP contribution < -0.4 is 10.2 Å². The first-order valence-corrected chi connectivity index (χ1v) is 9.10. The van der Waals surface area contributed by atoms with Crippen molar-refractivity contribution in [3.8, 4) is 0 Å². The third kappa shape index (κ3) is 3.45. The predicted molar refractivity (Wildman–Crippen MR) is 84.6 cm³/mol. The fourth-order valence-corrected chi connectivity index (χ4v) is 4.26. The van der Waals surface area contributed by atoms with Gasteiger partial charge in [-0.15, -0.1) is 11.3 Å². The van der Waals surface area contributed by atoms with Gasteiger partial charge in [0.15, 0.2) is 5.13 Å². The summed E-state index contributed by atoms with van der Waals surface area (Å²) in [6, 6.07) is 0.359. The number of rotatable bonds is 3. The Labute approximate surface area is 127 Å². The Balaban J connectivity index is 1.46. The fraction of sp³-hybridized carbons (Fsp3) is 0.692. The van der Waals surface area contributed by atoms with Crippen LogP contribution in [0, 0.1) is 0 Å². The lowest BCUT2D eigenvalue weighted by atomic mass is 10.2. The maximum atomic E-state index is 12.3. The maximum Gasteiger partial charge on any atom is 0.224 e. The molecule has 7 heteroatoms. The van der Waals surface area contributed by atoms with Crippen molar-refractivity contribution in [1.82, 2.24) is 15.2 Å². The van der Waals surface area contributed by atoms with Gasteiger partial charge in [0.1, 0.15) is 0 Å². The van der Waals surface area contributed by atoms with Gasteiger partial charge in [-0.05, 0) is 0 Å². The molecule has 1 atom stereocenters. The van der Waals surface area contributed by atoms with Crippen LogP contribution in [0.4, 0.5) is 5.13 Å². The quantitative estimate of drug-likeness (QED) is 0.898. The lowest BCUT2D eigenvalue weighted by Gasteiger charge is -2.35. The Kier molecular flexibility index (Phi) is 4.80. The molecule has 2 aliphatic heterocycles. The number of hydrogen-bond acceptors (Lipinski definition) is 6. The molecule has 0 radical (unpaired) electrons. The zero-order chi connectivity index (χ0) is 13.8. The number of anilines is 1. The predicted octanol–water partition coefficient (Wildman–Crippen LogP) is 0.887. The minimum atomic E-state index is 0.295. The van der Waals surface area contributed by atoms with Crippen molar-refractivity contribution in [3.63, 3.8) is 0 Å². The van der Waals surface area contributed by atoms with E-state index in [1.54, 1.807) is 11.3 Å². The Hall–Kier alpha value is -0.790.